The van der Waals surface area contributed by atoms with Crippen LogP contribution < -0.4 is 10.5 Å². The first-order valence-corrected chi connectivity index (χ1v) is 12.2. The lowest BCUT2D eigenvalue weighted by molar-refractivity contribution is -0.247. The average Bonchev–Trinajstić information content (AvgIpc) is 2.87. The lowest BCUT2D eigenvalue weighted by Crippen LogP contribution is -2.52. The zero-order valence-electron chi connectivity index (χ0n) is 21.5. The number of methoxy groups -OCH3 is 1. The van der Waals surface area contributed by atoms with E-state index in [4.69, 9.17) is 19.9 Å². The summed E-state index contributed by atoms with van der Waals surface area (Å²) in [5.74, 6) is -3.18. The van der Waals surface area contributed by atoms with Gasteiger partial charge in [0, 0.05) is 42.0 Å². The Balaban J connectivity index is 0.00000353. The molecule has 1 fully saturated rings. The van der Waals surface area contributed by atoms with E-state index in [0.29, 0.717) is 0 Å². The molecule has 3 aliphatic rings. The maximum atomic E-state index is 13.6. The molecule has 210 valence electrons. The number of carbonyl (C=O) groups excluding carboxylic acids is 3. The Kier molecular flexibility index (Phi) is 7.54. The third kappa shape index (κ3) is 4.39. The van der Waals surface area contributed by atoms with Crippen LogP contribution in [0.2, 0.25) is 0 Å². The highest BCUT2D eigenvalue weighted by molar-refractivity contribution is 6.31. The van der Waals surface area contributed by atoms with Gasteiger partial charge >= 0.3 is 0 Å². The quantitative estimate of drug-likeness (QED) is 0.289. The fourth-order valence-electron chi connectivity index (χ4n) is 5.66. The van der Waals surface area contributed by atoms with Crippen molar-refractivity contribution in [1.82, 2.24) is 0 Å². The minimum absolute atomic E-state index is 0. The first kappa shape index (κ1) is 28.9. The van der Waals surface area contributed by atoms with Crippen LogP contribution in [0.3, 0.4) is 0 Å². The Bertz CT molecular complexity index is 1370. The highest BCUT2D eigenvalue weighted by atomic mass is 35.5. The highest BCUT2D eigenvalue weighted by Crippen LogP contribution is 2.52. The molecule has 1 aliphatic heterocycles. The molecule has 1 saturated heterocycles. The molecule has 1 heterocycles. The number of phenols is 2. The van der Waals surface area contributed by atoms with Gasteiger partial charge in [-0.15, -0.1) is 12.4 Å². The van der Waals surface area contributed by atoms with Crippen molar-refractivity contribution in [1.29, 1.82) is 0 Å². The molecule has 6 atom stereocenters. The molecule has 11 nitrogen and oxygen atoms in total. The van der Waals surface area contributed by atoms with Crippen molar-refractivity contribution in [2.45, 2.75) is 69.4 Å². The zero-order chi connectivity index (χ0) is 27.7. The van der Waals surface area contributed by atoms with Crippen molar-refractivity contribution >= 4 is 29.8 Å². The number of Topliss-reactive ketones (excluding diaryl/α,β-unsaturated/α-hetero) is 1. The molecular weight excluding hydrogens is 534 g/mol. The van der Waals surface area contributed by atoms with Gasteiger partial charge in [0.1, 0.15) is 22.8 Å². The van der Waals surface area contributed by atoms with Gasteiger partial charge in [-0.05, 0) is 19.9 Å². The van der Waals surface area contributed by atoms with Crippen LogP contribution in [0.5, 0.6) is 17.2 Å². The molecule has 0 radical (unpaired) electrons. The largest absolute Gasteiger partial charge is 0.507 e. The molecule has 2 aromatic carbocycles. The number of benzene rings is 2. The van der Waals surface area contributed by atoms with E-state index < -0.39 is 82.6 Å². The number of rotatable bonds is 4. The van der Waals surface area contributed by atoms with Crippen LogP contribution >= 0.6 is 12.4 Å². The molecule has 2 aromatic rings. The topological polar surface area (TPSA) is 186 Å². The number of fused-ring (bicyclic) bond motifs is 3. The molecule has 5 rings (SSSR count). The van der Waals surface area contributed by atoms with E-state index in [0.717, 1.165) is 0 Å². The Labute approximate surface area is 229 Å². The summed E-state index contributed by atoms with van der Waals surface area (Å²) in [6, 6.07) is 3.75. The molecule has 0 unspecified atom stereocenters. The van der Waals surface area contributed by atoms with E-state index in [1.165, 1.54) is 32.2 Å². The van der Waals surface area contributed by atoms with Crippen molar-refractivity contribution in [3.63, 3.8) is 0 Å². The molecule has 39 heavy (non-hydrogen) atoms. The van der Waals surface area contributed by atoms with Gasteiger partial charge in [0.05, 0.1) is 42.1 Å². The van der Waals surface area contributed by atoms with E-state index >= 15 is 0 Å². The van der Waals surface area contributed by atoms with Gasteiger partial charge in [0.2, 0.25) is 5.78 Å². The Morgan fingerprint density at radius 1 is 1.13 bits per heavy atom. The fraction of sp³-hybridized carbons (Fsp3) is 0.444. The molecule has 0 bridgehead atoms. The van der Waals surface area contributed by atoms with Gasteiger partial charge in [-0.25, -0.2) is 0 Å². The lowest BCUT2D eigenvalue weighted by atomic mass is 9.72. The molecule has 0 saturated carbocycles. The van der Waals surface area contributed by atoms with Gasteiger partial charge in [0.25, 0.3) is 0 Å². The highest BCUT2D eigenvalue weighted by Gasteiger charge is 2.49. The molecule has 0 amide bonds. The van der Waals surface area contributed by atoms with Gasteiger partial charge in [0.15, 0.2) is 17.9 Å². The second-order valence-electron chi connectivity index (χ2n) is 10.1. The summed E-state index contributed by atoms with van der Waals surface area (Å²) in [6.45, 7) is 2.79. The number of hydrogen-bond donors (Lipinski definition) is 5. The van der Waals surface area contributed by atoms with Gasteiger partial charge in [-0.1, -0.05) is 12.1 Å². The fourth-order valence-corrected chi connectivity index (χ4v) is 5.66. The molecule has 2 aliphatic carbocycles. The number of halogens is 1. The maximum Gasteiger partial charge on any atom is 0.202 e. The number of aliphatic hydroxyl groups is 2. The number of ketones is 3. The summed E-state index contributed by atoms with van der Waals surface area (Å²) in [5.41, 5.74) is 2.97. The van der Waals surface area contributed by atoms with Crippen LogP contribution in [-0.2, 0) is 20.7 Å². The van der Waals surface area contributed by atoms with E-state index in [2.05, 4.69) is 0 Å². The van der Waals surface area contributed by atoms with Crippen LogP contribution in [0, 0.1) is 0 Å². The summed E-state index contributed by atoms with van der Waals surface area (Å²) in [4.78, 5) is 39.6. The Morgan fingerprint density at radius 2 is 1.79 bits per heavy atom. The molecule has 12 heteroatoms. The minimum Gasteiger partial charge on any atom is -0.507 e. The number of nitrogens with two attached hydrogens (primary N) is 1. The lowest BCUT2D eigenvalue weighted by Gasteiger charge is -2.42. The number of carbonyl (C=O) groups is 3. The first-order chi connectivity index (χ1) is 17.9. The third-order valence-corrected chi connectivity index (χ3v) is 7.80. The summed E-state index contributed by atoms with van der Waals surface area (Å²) >= 11 is 0. The number of hydrogen-bond acceptors (Lipinski definition) is 11. The number of aliphatic hydroxyl groups excluding tert-OH is 1. The van der Waals surface area contributed by atoms with E-state index in [9.17, 15) is 34.8 Å². The smallest absolute Gasteiger partial charge is 0.202 e. The number of ether oxygens (including phenoxy) is 3. The van der Waals surface area contributed by atoms with Gasteiger partial charge in [-0.2, -0.15) is 0 Å². The van der Waals surface area contributed by atoms with Crippen LogP contribution in [0.1, 0.15) is 75.8 Å². The summed E-state index contributed by atoms with van der Waals surface area (Å²) in [7, 11) is 1.34. The van der Waals surface area contributed by atoms with Crippen LogP contribution in [0.25, 0.3) is 0 Å². The Hall–Kier alpha value is -3.06. The summed E-state index contributed by atoms with van der Waals surface area (Å²) in [5, 5.41) is 44.1. The molecule has 0 spiro atoms. The van der Waals surface area contributed by atoms with Gasteiger partial charge < -0.3 is 40.4 Å². The van der Waals surface area contributed by atoms with Crippen molar-refractivity contribution in [3.05, 3.63) is 51.6 Å². The third-order valence-electron chi connectivity index (χ3n) is 7.80. The second-order valence-corrected chi connectivity index (χ2v) is 10.1. The van der Waals surface area contributed by atoms with Crippen molar-refractivity contribution in [3.8, 4) is 17.2 Å². The SMILES string of the molecule is COc1cccc2c1C(=O)c1c(O)c3c(c(O)c1C2=O)C[C@@](O)(C(C)=O)C[C@H]3O[C@H]1C[C@H](N)[C@H](O)[C@H](C)O1.Cl. The summed E-state index contributed by atoms with van der Waals surface area (Å²) in [6.07, 6.45) is -4.53. The molecular formula is C27H30ClNO10. The maximum absolute atomic E-state index is 13.6. The van der Waals surface area contributed by atoms with E-state index in [-0.39, 0.29) is 53.3 Å². The normalized spacial score (nSPS) is 29.5. The van der Waals surface area contributed by atoms with Crippen molar-refractivity contribution < 1.29 is 49.0 Å². The van der Waals surface area contributed by atoms with Crippen molar-refractivity contribution in [2.24, 2.45) is 5.73 Å². The second kappa shape index (κ2) is 10.2. The zero-order valence-corrected chi connectivity index (χ0v) is 22.3. The first-order valence-electron chi connectivity index (χ1n) is 12.2. The van der Waals surface area contributed by atoms with Gasteiger partial charge in [-0.3, -0.25) is 14.4 Å². The van der Waals surface area contributed by atoms with E-state index in [1.54, 1.807) is 6.92 Å². The Morgan fingerprint density at radius 3 is 2.41 bits per heavy atom. The van der Waals surface area contributed by atoms with E-state index in [1.807, 2.05) is 0 Å². The van der Waals surface area contributed by atoms with Crippen LogP contribution in [0.4, 0.5) is 0 Å². The standard InChI is InChI=1S/C27H29NO10.ClH/c1-10-22(30)14(28)7-17(37-10)38-16-9-27(35,11(2)29)8-13-19(16)26(34)21-20(24(13)32)23(31)12-5-4-6-15(36-3)18(12)25(21)33;/h4-6,10,14,16-17,22,30,32,34-35H,7-9,28H2,1-3H3;1H/t10-,14-,16+,17-,22+,27-;/m0./s1. The van der Waals surface area contributed by atoms with Crippen molar-refractivity contribution in [2.75, 3.05) is 7.11 Å². The summed E-state index contributed by atoms with van der Waals surface area (Å²) < 4.78 is 17.1. The number of aromatic hydroxyl groups is 2. The predicted molar refractivity (Wildman–Crippen MR) is 138 cm³/mol. The molecule has 0 aromatic heterocycles. The van der Waals surface area contributed by atoms with Crippen LogP contribution in [0.15, 0.2) is 18.2 Å². The number of phenolic OH excluding ortho intramolecular Hbond substituents is 2. The minimum atomic E-state index is -2.00. The van der Waals surface area contributed by atoms with Crippen LogP contribution in [-0.4, -0.2) is 75.0 Å². The molecule has 6 N–H and O–H groups in total. The monoisotopic (exact) mass is 563 g/mol. The predicted octanol–water partition coefficient (Wildman–Crippen LogP) is 1.45. The average molecular weight is 564 g/mol.